The number of hydrogen-bond donors (Lipinski definition) is 3. The Morgan fingerprint density at radius 3 is 2.59 bits per heavy atom. The van der Waals surface area contributed by atoms with Gasteiger partial charge in [0.05, 0.1) is 18.2 Å². The van der Waals surface area contributed by atoms with E-state index in [1.807, 2.05) is 0 Å². The molecule has 1 aromatic carbocycles. The van der Waals surface area contributed by atoms with E-state index in [9.17, 15) is 4.79 Å². The molecule has 1 aromatic heterocycles. The van der Waals surface area contributed by atoms with Crippen LogP contribution in [-0.4, -0.2) is 28.4 Å². The number of anilines is 1. The summed E-state index contributed by atoms with van der Waals surface area (Å²) in [4.78, 5) is 10.7. The van der Waals surface area contributed by atoms with Crippen molar-refractivity contribution in [2.45, 2.75) is 0 Å². The van der Waals surface area contributed by atoms with Crippen molar-refractivity contribution >= 4 is 11.8 Å². The number of aromatic nitrogens is 2. The van der Waals surface area contributed by atoms with Gasteiger partial charge in [-0.3, -0.25) is 5.10 Å². The monoisotopic (exact) mass is 233 g/mol. The summed E-state index contributed by atoms with van der Waals surface area (Å²) in [6, 6.07) is 6.33. The van der Waals surface area contributed by atoms with Gasteiger partial charge in [0.25, 0.3) is 0 Å². The first-order valence-corrected chi connectivity index (χ1v) is 4.85. The molecule has 0 aliphatic rings. The van der Waals surface area contributed by atoms with Crippen LogP contribution in [0.15, 0.2) is 24.3 Å². The molecule has 0 aliphatic heterocycles. The molecule has 17 heavy (non-hydrogen) atoms. The Morgan fingerprint density at radius 2 is 2.06 bits per heavy atom. The lowest BCUT2D eigenvalue weighted by atomic mass is 10.1. The Balaban J connectivity index is 2.46. The number of hydrogen-bond acceptors (Lipinski definition) is 4. The summed E-state index contributed by atoms with van der Waals surface area (Å²) in [6.07, 6.45) is 0. The highest BCUT2D eigenvalue weighted by atomic mass is 16.5. The van der Waals surface area contributed by atoms with Gasteiger partial charge in [-0.1, -0.05) is 12.1 Å². The van der Waals surface area contributed by atoms with E-state index >= 15 is 0 Å². The molecule has 0 amide bonds. The molecule has 2 aromatic rings. The van der Waals surface area contributed by atoms with Crippen LogP contribution in [0, 0.1) is 0 Å². The molecular formula is C11H11N3O3. The zero-order chi connectivity index (χ0) is 12.4. The highest BCUT2D eigenvalue weighted by molar-refractivity contribution is 5.89. The van der Waals surface area contributed by atoms with Crippen LogP contribution in [0.3, 0.4) is 0 Å². The normalized spacial score (nSPS) is 10.2. The molecule has 0 fully saturated rings. The van der Waals surface area contributed by atoms with Gasteiger partial charge in [0.2, 0.25) is 5.88 Å². The van der Waals surface area contributed by atoms with Gasteiger partial charge in [0.1, 0.15) is 5.82 Å². The molecule has 0 bridgehead atoms. The maximum atomic E-state index is 10.7. The molecule has 0 aliphatic carbocycles. The van der Waals surface area contributed by atoms with Crippen molar-refractivity contribution in [2.24, 2.45) is 0 Å². The average molecular weight is 233 g/mol. The Kier molecular flexibility index (Phi) is 2.70. The SMILES string of the molecule is COc1n[nH]c(N)c1-c1ccc(C(=O)O)cc1. The van der Waals surface area contributed by atoms with Gasteiger partial charge in [0, 0.05) is 0 Å². The Hall–Kier alpha value is -2.50. The van der Waals surface area contributed by atoms with Crippen LogP contribution < -0.4 is 10.5 Å². The number of aromatic carboxylic acids is 1. The fraction of sp³-hybridized carbons (Fsp3) is 0.0909. The second-order valence-corrected chi connectivity index (χ2v) is 3.40. The summed E-state index contributed by atoms with van der Waals surface area (Å²) in [5, 5.41) is 15.3. The maximum absolute atomic E-state index is 10.7. The van der Waals surface area contributed by atoms with Crippen LogP contribution in [0.1, 0.15) is 10.4 Å². The first-order chi connectivity index (χ1) is 8.13. The van der Waals surface area contributed by atoms with Crippen LogP contribution in [0.5, 0.6) is 5.88 Å². The van der Waals surface area contributed by atoms with E-state index in [4.69, 9.17) is 15.6 Å². The Morgan fingerprint density at radius 1 is 1.41 bits per heavy atom. The minimum atomic E-state index is -0.969. The molecule has 0 unspecified atom stereocenters. The number of carbonyl (C=O) groups is 1. The van der Waals surface area contributed by atoms with Crippen molar-refractivity contribution in [3.8, 4) is 17.0 Å². The number of nitrogen functional groups attached to an aromatic ring is 1. The van der Waals surface area contributed by atoms with Gasteiger partial charge in [-0.25, -0.2) is 4.79 Å². The van der Waals surface area contributed by atoms with Crippen molar-refractivity contribution in [3.63, 3.8) is 0 Å². The standard InChI is InChI=1S/C11H11N3O3/c1-17-10-8(9(12)13-14-10)6-2-4-7(5-3-6)11(15)16/h2-5H,1H3,(H,15,16)(H3,12,13,14). The topological polar surface area (TPSA) is 101 Å². The van der Waals surface area contributed by atoms with Crippen molar-refractivity contribution < 1.29 is 14.6 Å². The van der Waals surface area contributed by atoms with E-state index in [1.54, 1.807) is 12.1 Å². The molecule has 0 saturated carbocycles. The second-order valence-electron chi connectivity index (χ2n) is 3.40. The number of carboxylic acids is 1. The summed E-state index contributed by atoms with van der Waals surface area (Å²) in [5.41, 5.74) is 7.33. The number of nitrogens with two attached hydrogens (primary N) is 1. The van der Waals surface area contributed by atoms with Crippen LogP contribution in [0.25, 0.3) is 11.1 Å². The molecule has 1 heterocycles. The molecule has 0 radical (unpaired) electrons. The van der Waals surface area contributed by atoms with Crippen LogP contribution >= 0.6 is 0 Å². The third kappa shape index (κ3) is 1.92. The zero-order valence-corrected chi connectivity index (χ0v) is 9.10. The minimum absolute atomic E-state index is 0.217. The third-order valence-corrected chi connectivity index (χ3v) is 2.37. The predicted molar refractivity (Wildman–Crippen MR) is 61.9 cm³/mol. The number of rotatable bonds is 3. The number of nitrogens with zero attached hydrogens (tertiary/aromatic N) is 1. The number of methoxy groups -OCH3 is 1. The molecule has 0 spiro atoms. The molecule has 2 rings (SSSR count). The lowest BCUT2D eigenvalue weighted by molar-refractivity contribution is 0.0697. The van der Waals surface area contributed by atoms with Gasteiger partial charge in [-0.05, 0) is 17.7 Å². The lowest BCUT2D eigenvalue weighted by Crippen LogP contribution is -1.95. The summed E-state index contributed by atoms with van der Waals surface area (Å²) >= 11 is 0. The number of benzene rings is 1. The van der Waals surface area contributed by atoms with Gasteiger partial charge in [-0.15, -0.1) is 5.10 Å². The summed E-state index contributed by atoms with van der Waals surface area (Å²) in [7, 11) is 1.49. The van der Waals surface area contributed by atoms with E-state index in [0.717, 1.165) is 5.56 Å². The molecule has 6 nitrogen and oxygen atoms in total. The van der Waals surface area contributed by atoms with E-state index < -0.39 is 5.97 Å². The summed E-state index contributed by atoms with van der Waals surface area (Å²) in [6.45, 7) is 0. The first kappa shape index (κ1) is 11.0. The van der Waals surface area contributed by atoms with Gasteiger partial charge in [0.15, 0.2) is 0 Å². The van der Waals surface area contributed by atoms with Crippen LogP contribution in [0.2, 0.25) is 0 Å². The zero-order valence-electron chi connectivity index (χ0n) is 9.10. The van der Waals surface area contributed by atoms with E-state index in [0.29, 0.717) is 17.3 Å². The van der Waals surface area contributed by atoms with Crippen LogP contribution in [0.4, 0.5) is 5.82 Å². The molecule has 6 heteroatoms. The minimum Gasteiger partial charge on any atom is -0.479 e. The lowest BCUT2D eigenvalue weighted by Gasteiger charge is -2.03. The smallest absolute Gasteiger partial charge is 0.335 e. The Bertz CT molecular complexity index is 546. The first-order valence-electron chi connectivity index (χ1n) is 4.85. The number of H-pyrrole nitrogens is 1. The van der Waals surface area contributed by atoms with Crippen molar-refractivity contribution in [1.82, 2.24) is 10.2 Å². The third-order valence-electron chi connectivity index (χ3n) is 2.37. The predicted octanol–water partition coefficient (Wildman–Crippen LogP) is 1.37. The fourth-order valence-electron chi connectivity index (χ4n) is 1.54. The van der Waals surface area contributed by atoms with E-state index in [1.165, 1.54) is 19.2 Å². The molecule has 4 N–H and O–H groups in total. The second kappa shape index (κ2) is 4.17. The van der Waals surface area contributed by atoms with Gasteiger partial charge in [-0.2, -0.15) is 0 Å². The van der Waals surface area contributed by atoms with Crippen molar-refractivity contribution in [3.05, 3.63) is 29.8 Å². The van der Waals surface area contributed by atoms with Crippen molar-refractivity contribution in [2.75, 3.05) is 12.8 Å². The molecular weight excluding hydrogens is 222 g/mol. The Labute approximate surface area is 97.0 Å². The number of ether oxygens (including phenoxy) is 1. The largest absolute Gasteiger partial charge is 0.479 e. The van der Waals surface area contributed by atoms with E-state index in [-0.39, 0.29) is 5.56 Å². The highest BCUT2D eigenvalue weighted by Gasteiger charge is 2.14. The molecule has 0 atom stereocenters. The molecule has 0 saturated heterocycles. The number of aromatic amines is 1. The maximum Gasteiger partial charge on any atom is 0.335 e. The van der Waals surface area contributed by atoms with E-state index in [2.05, 4.69) is 10.2 Å². The summed E-state index contributed by atoms with van der Waals surface area (Å²) < 4.78 is 5.06. The highest BCUT2D eigenvalue weighted by Crippen LogP contribution is 2.32. The fourth-order valence-corrected chi connectivity index (χ4v) is 1.54. The van der Waals surface area contributed by atoms with Crippen molar-refractivity contribution in [1.29, 1.82) is 0 Å². The number of nitrogens with one attached hydrogen (secondary N) is 1. The average Bonchev–Trinajstić information content (AvgIpc) is 2.70. The quantitative estimate of drug-likeness (QED) is 0.743. The molecule has 88 valence electrons. The van der Waals surface area contributed by atoms with Crippen LogP contribution in [-0.2, 0) is 0 Å². The van der Waals surface area contributed by atoms with Gasteiger partial charge < -0.3 is 15.6 Å². The van der Waals surface area contributed by atoms with Gasteiger partial charge >= 0.3 is 5.97 Å². The summed E-state index contributed by atoms with van der Waals surface area (Å²) in [5.74, 6) is -0.209. The number of carboxylic acid groups (broad SMARTS) is 1.